The van der Waals surface area contributed by atoms with Crippen LogP contribution in [0.15, 0.2) is 47.6 Å². The molecule has 0 spiro atoms. The molecular weight excluding hydrogens is 294 g/mol. The minimum atomic E-state index is -3.99. The SMILES string of the molecule is Nc1ccc(C(=O)O)c(S(=O)(=O)NCc2ccncc2)c1. The summed E-state index contributed by atoms with van der Waals surface area (Å²) in [6.07, 6.45) is 3.07. The van der Waals surface area contributed by atoms with Crippen LogP contribution in [0.1, 0.15) is 15.9 Å². The number of sulfonamides is 1. The Labute approximate surface area is 121 Å². The van der Waals surface area contributed by atoms with Crippen LogP contribution in [0.3, 0.4) is 0 Å². The first-order chi connectivity index (χ1) is 9.90. The van der Waals surface area contributed by atoms with Crippen molar-refractivity contribution in [1.82, 2.24) is 9.71 Å². The predicted molar refractivity (Wildman–Crippen MR) is 76.1 cm³/mol. The smallest absolute Gasteiger partial charge is 0.337 e. The van der Waals surface area contributed by atoms with Gasteiger partial charge in [0.25, 0.3) is 0 Å². The summed E-state index contributed by atoms with van der Waals surface area (Å²) in [6, 6.07) is 6.93. The Kier molecular flexibility index (Phi) is 4.20. The van der Waals surface area contributed by atoms with E-state index in [4.69, 9.17) is 10.8 Å². The molecule has 0 saturated carbocycles. The van der Waals surface area contributed by atoms with Crippen LogP contribution in [0.4, 0.5) is 5.69 Å². The van der Waals surface area contributed by atoms with E-state index < -0.39 is 16.0 Å². The number of hydrogen-bond acceptors (Lipinski definition) is 5. The quantitative estimate of drug-likeness (QED) is 0.703. The number of nitrogens with zero attached hydrogens (tertiary/aromatic N) is 1. The Morgan fingerprint density at radius 2 is 1.90 bits per heavy atom. The van der Waals surface area contributed by atoms with Crippen molar-refractivity contribution in [3.05, 3.63) is 53.9 Å². The first-order valence-electron chi connectivity index (χ1n) is 5.91. The Morgan fingerprint density at radius 3 is 2.52 bits per heavy atom. The van der Waals surface area contributed by atoms with E-state index in [1.165, 1.54) is 24.5 Å². The van der Waals surface area contributed by atoms with Gasteiger partial charge in [0.2, 0.25) is 10.0 Å². The third-order valence-electron chi connectivity index (χ3n) is 2.74. The number of carboxylic acids is 1. The van der Waals surface area contributed by atoms with Crippen molar-refractivity contribution in [3.8, 4) is 0 Å². The molecule has 0 atom stereocenters. The van der Waals surface area contributed by atoms with Crippen LogP contribution < -0.4 is 10.5 Å². The van der Waals surface area contributed by atoms with Gasteiger partial charge in [0.15, 0.2) is 0 Å². The summed E-state index contributed by atoms with van der Waals surface area (Å²) in [4.78, 5) is 14.6. The number of anilines is 1. The lowest BCUT2D eigenvalue weighted by Gasteiger charge is -2.10. The van der Waals surface area contributed by atoms with Gasteiger partial charge in [0.1, 0.15) is 0 Å². The van der Waals surface area contributed by atoms with Crippen molar-refractivity contribution in [3.63, 3.8) is 0 Å². The molecule has 0 aliphatic heterocycles. The number of aromatic carboxylic acids is 1. The third kappa shape index (κ3) is 3.56. The molecule has 1 aromatic heterocycles. The fourth-order valence-electron chi connectivity index (χ4n) is 1.69. The summed E-state index contributed by atoms with van der Waals surface area (Å²) in [6.45, 7) is 0.0265. The zero-order valence-corrected chi connectivity index (χ0v) is 11.7. The largest absolute Gasteiger partial charge is 0.478 e. The fourth-order valence-corrected chi connectivity index (χ4v) is 2.94. The van der Waals surface area contributed by atoms with Crippen molar-refractivity contribution in [2.24, 2.45) is 0 Å². The molecule has 2 aromatic rings. The van der Waals surface area contributed by atoms with Crippen LogP contribution in [-0.2, 0) is 16.6 Å². The van der Waals surface area contributed by atoms with Crippen LogP contribution in [0.25, 0.3) is 0 Å². The molecule has 8 heteroatoms. The second-order valence-electron chi connectivity index (χ2n) is 4.24. The van der Waals surface area contributed by atoms with Gasteiger partial charge in [-0.05, 0) is 35.9 Å². The Hall–Kier alpha value is -2.45. The Morgan fingerprint density at radius 1 is 1.24 bits per heavy atom. The number of rotatable bonds is 5. The van der Waals surface area contributed by atoms with Gasteiger partial charge in [0.05, 0.1) is 10.5 Å². The van der Waals surface area contributed by atoms with Crippen LogP contribution >= 0.6 is 0 Å². The zero-order valence-electron chi connectivity index (χ0n) is 10.9. The van der Waals surface area contributed by atoms with Gasteiger partial charge in [-0.3, -0.25) is 4.98 Å². The van der Waals surface area contributed by atoms with Gasteiger partial charge in [0, 0.05) is 24.6 Å². The van der Waals surface area contributed by atoms with E-state index in [1.54, 1.807) is 12.1 Å². The van der Waals surface area contributed by atoms with Gasteiger partial charge >= 0.3 is 5.97 Å². The second kappa shape index (κ2) is 5.90. The van der Waals surface area contributed by atoms with Crippen molar-refractivity contribution in [2.75, 3.05) is 5.73 Å². The van der Waals surface area contributed by atoms with Crippen molar-refractivity contribution in [1.29, 1.82) is 0 Å². The van der Waals surface area contributed by atoms with E-state index in [2.05, 4.69) is 9.71 Å². The first-order valence-corrected chi connectivity index (χ1v) is 7.40. The molecule has 0 saturated heterocycles. The van der Waals surface area contributed by atoms with Gasteiger partial charge in [-0.2, -0.15) is 0 Å². The number of nitrogens with two attached hydrogens (primary N) is 1. The highest BCUT2D eigenvalue weighted by atomic mass is 32.2. The molecule has 0 aliphatic rings. The van der Waals surface area contributed by atoms with Crippen LogP contribution in [0.2, 0.25) is 0 Å². The lowest BCUT2D eigenvalue weighted by molar-refractivity contribution is 0.0692. The van der Waals surface area contributed by atoms with Crippen molar-refractivity contribution < 1.29 is 18.3 Å². The first kappa shape index (κ1) is 14.9. The third-order valence-corrected chi connectivity index (χ3v) is 4.18. The molecule has 21 heavy (non-hydrogen) atoms. The molecule has 2 rings (SSSR count). The Balaban J connectivity index is 2.31. The second-order valence-corrected chi connectivity index (χ2v) is 5.98. The van der Waals surface area contributed by atoms with Crippen molar-refractivity contribution >= 4 is 21.7 Å². The van der Waals surface area contributed by atoms with Crippen LogP contribution in [-0.4, -0.2) is 24.5 Å². The highest BCUT2D eigenvalue weighted by Crippen LogP contribution is 2.19. The molecule has 4 N–H and O–H groups in total. The van der Waals surface area contributed by atoms with Gasteiger partial charge in [-0.1, -0.05) is 0 Å². The monoisotopic (exact) mass is 307 g/mol. The molecule has 1 heterocycles. The maximum atomic E-state index is 12.2. The lowest BCUT2D eigenvalue weighted by atomic mass is 10.2. The summed E-state index contributed by atoms with van der Waals surface area (Å²) >= 11 is 0. The number of hydrogen-bond donors (Lipinski definition) is 3. The average Bonchev–Trinajstić information content (AvgIpc) is 2.46. The van der Waals surface area contributed by atoms with E-state index in [0.29, 0.717) is 5.56 Å². The summed E-state index contributed by atoms with van der Waals surface area (Å²) in [7, 11) is -3.99. The average molecular weight is 307 g/mol. The van der Waals surface area contributed by atoms with E-state index in [0.717, 1.165) is 6.07 Å². The molecule has 110 valence electrons. The number of pyridine rings is 1. The zero-order chi connectivity index (χ0) is 15.5. The number of nitrogen functional groups attached to an aromatic ring is 1. The minimum absolute atomic E-state index is 0.0265. The Bertz CT molecular complexity index is 760. The summed E-state index contributed by atoms with van der Waals surface area (Å²) in [5, 5.41) is 9.06. The molecular formula is C13H13N3O4S. The van der Waals surface area contributed by atoms with E-state index >= 15 is 0 Å². The highest BCUT2D eigenvalue weighted by molar-refractivity contribution is 7.89. The van der Waals surface area contributed by atoms with E-state index in [1.807, 2.05) is 0 Å². The van der Waals surface area contributed by atoms with Crippen LogP contribution in [0, 0.1) is 0 Å². The standard InChI is InChI=1S/C13H13N3O4S/c14-10-1-2-11(13(17)18)12(7-10)21(19,20)16-8-9-3-5-15-6-4-9/h1-7,16H,8,14H2,(H,17,18). The lowest BCUT2D eigenvalue weighted by Crippen LogP contribution is -2.25. The van der Waals surface area contributed by atoms with E-state index in [-0.39, 0.29) is 22.7 Å². The summed E-state index contributed by atoms with van der Waals surface area (Å²) in [5.41, 5.74) is 6.08. The number of benzene rings is 1. The number of carboxylic acid groups (broad SMARTS) is 1. The summed E-state index contributed by atoms with van der Waals surface area (Å²) < 4.78 is 26.8. The number of carbonyl (C=O) groups is 1. The fraction of sp³-hybridized carbons (Fsp3) is 0.0769. The molecule has 0 aliphatic carbocycles. The summed E-state index contributed by atoms with van der Waals surface area (Å²) in [5.74, 6) is -1.33. The van der Waals surface area contributed by atoms with Gasteiger partial charge in [-0.15, -0.1) is 0 Å². The molecule has 7 nitrogen and oxygen atoms in total. The number of nitrogens with one attached hydrogen (secondary N) is 1. The van der Waals surface area contributed by atoms with Crippen molar-refractivity contribution in [2.45, 2.75) is 11.4 Å². The normalized spacial score (nSPS) is 11.2. The van der Waals surface area contributed by atoms with Crippen LogP contribution in [0.5, 0.6) is 0 Å². The maximum Gasteiger partial charge on any atom is 0.337 e. The highest BCUT2D eigenvalue weighted by Gasteiger charge is 2.22. The molecule has 0 radical (unpaired) electrons. The molecule has 0 unspecified atom stereocenters. The van der Waals surface area contributed by atoms with E-state index in [9.17, 15) is 13.2 Å². The topological polar surface area (TPSA) is 122 Å². The molecule has 0 amide bonds. The number of aromatic nitrogens is 1. The maximum absolute atomic E-state index is 12.2. The predicted octanol–water partition coefficient (Wildman–Crippen LogP) is 0.840. The molecule has 0 fully saturated rings. The minimum Gasteiger partial charge on any atom is -0.478 e. The van der Waals surface area contributed by atoms with Gasteiger partial charge in [-0.25, -0.2) is 17.9 Å². The molecule has 0 bridgehead atoms. The van der Waals surface area contributed by atoms with Gasteiger partial charge < -0.3 is 10.8 Å². The molecule has 1 aromatic carbocycles.